The molecule has 0 aliphatic carbocycles. The Morgan fingerprint density at radius 2 is 0.425 bits per heavy atom. The molecule has 0 aliphatic heterocycles. The second-order valence-electron chi connectivity index (χ2n) is 27.7. The van der Waals surface area contributed by atoms with E-state index in [2.05, 4.69) is 291 Å². The summed E-state index contributed by atoms with van der Waals surface area (Å²) in [5.74, 6) is 7.04. The molecule has 0 fully saturated rings. The smallest absolute Gasteiger partial charge is 0.0385 e. The topological polar surface area (TPSA) is 0 Å². The van der Waals surface area contributed by atoms with Gasteiger partial charge in [0.15, 0.2) is 0 Å². The zero-order valence-electron chi connectivity index (χ0n) is 62.3. The van der Waals surface area contributed by atoms with Crippen LogP contribution in [-0.4, -0.2) is 0 Å². The van der Waals surface area contributed by atoms with E-state index in [-0.39, 0.29) is 0 Å². The number of rotatable bonds is 15. The van der Waals surface area contributed by atoms with Crippen LogP contribution >= 0.6 is 0 Å². The SMILES string of the molecule is CC(C)(C)C.CC(C)C.CC(C)C(C)C.CCC.CCC(C)(C)C.CCC(C)(C)C.CCC(C)C.CCC(C)C.CCC(C)CC.CCCC.CCCC(C)C.CCCC(C)C.CCCCC.CCCCCC. The number of hydrogen-bond acceptors (Lipinski definition) is 0. The van der Waals surface area contributed by atoms with E-state index in [1.165, 1.54) is 128 Å². The fourth-order valence-electron chi connectivity index (χ4n) is 2.30. The summed E-state index contributed by atoms with van der Waals surface area (Å²) in [4.78, 5) is 0. The van der Waals surface area contributed by atoms with Crippen LogP contribution in [0.5, 0.6) is 0 Å². The van der Waals surface area contributed by atoms with E-state index >= 15 is 0 Å². The zero-order valence-corrected chi connectivity index (χ0v) is 62.3. The van der Waals surface area contributed by atoms with E-state index in [0.717, 1.165) is 47.3 Å². The molecular formula is C73H174. The molecule has 0 aromatic rings. The molecule has 0 saturated carbocycles. The molecule has 0 N–H and O–H groups in total. The Morgan fingerprint density at radius 1 is 0.260 bits per heavy atom. The standard InChI is InChI=1S/7C6H14.4C5H12.2C4H10.C3H8/c2*1-5-6(2,3)4;1-5(2)6(3)4;2*1-4-5-6(2)3;1-4-6(3)5-2;1-3-5-6-4-2;1-5(2,3)4;2*1-4-5(2)3;1-3-5-4-2;1-4(2)3;1-3-4-2;1-3-2/h2*5H2,1-4H3;5-6H,1-4H3;3*6H,4-5H2,1-3H3;3-6H2,1-2H3;1-4H3;2*5H,4H2,1-3H3;3-5H2,1-2H3;4H,1-3H3;3-4H2,1-2H3;3H2,1-2H3. The van der Waals surface area contributed by atoms with Gasteiger partial charge in [-0.2, -0.15) is 0 Å². The van der Waals surface area contributed by atoms with Crippen molar-refractivity contribution in [1.29, 1.82) is 0 Å². The van der Waals surface area contributed by atoms with E-state index in [4.69, 9.17) is 0 Å². The Balaban J connectivity index is -0.0000000429. The molecule has 73 heavy (non-hydrogen) atoms. The summed E-state index contributed by atoms with van der Waals surface area (Å²) >= 11 is 0. The van der Waals surface area contributed by atoms with Crippen LogP contribution < -0.4 is 0 Å². The van der Waals surface area contributed by atoms with E-state index in [1.807, 2.05) is 0 Å². The first kappa shape index (κ1) is 109. The van der Waals surface area contributed by atoms with Crippen molar-refractivity contribution in [3.8, 4) is 0 Å². The van der Waals surface area contributed by atoms with Gasteiger partial charge in [-0.1, -0.05) is 419 Å². The summed E-state index contributed by atoms with van der Waals surface area (Å²) in [7, 11) is 0. The Morgan fingerprint density at radius 3 is 0.438 bits per heavy atom. The van der Waals surface area contributed by atoms with Crippen LogP contribution in [0.25, 0.3) is 0 Å². The van der Waals surface area contributed by atoms with Crippen LogP contribution in [0.15, 0.2) is 0 Å². The highest BCUT2D eigenvalue weighted by atomic mass is 14.1. The van der Waals surface area contributed by atoms with Crippen molar-refractivity contribution in [2.24, 2.45) is 63.6 Å². The monoisotopic (exact) mass is 1050 g/mol. The molecule has 0 rings (SSSR count). The maximum absolute atomic E-state index is 2.28. The molecule has 0 bridgehead atoms. The first-order chi connectivity index (χ1) is 33.0. The molecule has 466 valence electrons. The van der Waals surface area contributed by atoms with Crippen molar-refractivity contribution < 1.29 is 0 Å². The summed E-state index contributed by atoms with van der Waals surface area (Å²) in [6.45, 7) is 93.1. The number of unbranched alkanes of at least 4 members (excludes halogenated alkanes) is 6. The van der Waals surface area contributed by atoms with Crippen LogP contribution in [-0.2, 0) is 0 Å². The predicted molar refractivity (Wildman–Crippen MR) is 366 cm³/mol. The summed E-state index contributed by atoms with van der Waals surface area (Å²) < 4.78 is 0. The van der Waals surface area contributed by atoms with Crippen LogP contribution in [0.4, 0.5) is 0 Å². The fourth-order valence-corrected chi connectivity index (χ4v) is 2.30. The van der Waals surface area contributed by atoms with Gasteiger partial charge in [-0.3, -0.25) is 0 Å². The van der Waals surface area contributed by atoms with E-state index < -0.39 is 0 Å². The molecule has 0 nitrogen and oxygen atoms in total. The Bertz CT molecular complexity index is 637. The van der Waals surface area contributed by atoms with Gasteiger partial charge in [-0.15, -0.1) is 0 Å². The lowest BCUT2D eigenvalue weighted by Gasteiger charge is -2.12. The van der Waals surface area contributed by atoms with Crippen LogP contribution in [0.3, 0.4) is 0 Å². The van der Waals surface area contributed by atoms with Gasteiger partial charge in [0.25, 0.3) is 0 Å². The van der Waals surface area contributed by atoms with Gasteiger partial charge in [-0.05, 0) is 63.6 Å². The molecule has 0 heteroatoms. The average Bonchev–Trinajstić information content (AvgIpc) is 3.26. The van der Waals surface area contributed by atoms with E-state index in [1.54, 1.807) is 0 Å². The van der Waals surface area contributed by atoms with Gasteiger partial charge in [0.2, 0.25) is 0 Å². The summed E-state index contributed by atoms with van der Waals surface area (Å²) in [5.41, 5.74) is 1.58. The highest BCUT2D eigenvalue weighted by molar-refractivity contribution is 4.56. The molecule has 0 saturated heterocycles. The van der Waals surface area contributed by atoms with Crippen molar-refractivity contribution in [1.82, 2.24) is 0 Å². The quantitative estimate of drug-likeness (QED) is 0.143. The normalized spacial score (nSPS) is 9.95. The highest BCUT2D eigenvalue weighted by Crippen LogP contribution is 2.17. The van der Waals surface area contributed by atoms with Crippen molar-refractivity contribution >= 4 is 0 Å². The van der Waals surface area contributed by atoms with Gasteiger partial charge in [0, 0.05) is 0 Å². The first-order valence-corrected chi connectivity index (χ1v) is 33.0. The van der Waals surface area contributed by atoms with Crippen molar-refractivity contribution in [2.75, 3.05) is 0 Å². The minimum Gasteiger partial charge on any atom is -0.0656 e. The summed E-state index contributed by atoms with van der Waals surface area (Å²) in [5, 5.41) is 0. The molecule has 0 atom stereocenters. The van der Waals surface area contributed by atoms with Crippen molar-refractivity contribution in [3.63, 3.8) is 0 Å². The van der Waals surface area contributed by atoms with E-state index in [9.17, 15) is 0 Å². The molecule has 0 spiro atoms. The molecule has 0 aromatic carbocycles. The van der Waals surface area contributed by atoms with Gasteiger partial charge in [0.05, 0.1) is 0 Å². The minimum absolute atomic E-state index is 0.500. The molecule has 0 aliphatic rings. The molecule has 0 amide bonds. The second kappa shape index (κ2) is 94.4. The maximum atomic E-state index is 2.28. The maximum Gasteiger partial charge on any atom is -0.0385 e. The average molecular weight is 1050 g/mol. The Hall–Kier alpha value is 0. The first-order valence-electron chi connectivity index (χ1n) is 33.0. The Labute approximate surface area is 480 Å². The second-order valence-corrected chi connectivity index (χ2v) is 27.7. The lowest BCUT2D eigenvalue weighted by atomic mass is 9.94. The van der Waals surface area contributed by atoms with Crippen LogP contribution in [0, 0.1) is 63.6 Å². The summed E-state index contributed by atoms with van der Waals surface area (Å²) in [6, 6.07) is 0. The molecular weight excluding hydrogens is 877 g/mol. The highest BCUT2D eigenvalue weighted by Gasteiger charge is 2.04. The third-order valence-electron chi connectivity index (χ3n) is 10.4. The minimum atomic E-state index is 0.500. The lowest BCUT2D eigenvalue weighted by Crippen LogP contribution is -2.00. The Kier molecular flexibility index (Phi) is 141. The van der Waals surface area contributed by atoms with E-state index in [0.29, 0.717) is 16.2 Å². The van der Waals surface area contributed by atoms with Crippen molar-refractivity contribution in [2.45, 2.75) is 419 Å². The van der Waals surface area contributed by atoms with Gasteiger partial charge in [0.1, 0.15) is 0 Å². The largest absolute Gasteiger partial charge is 0.0656 e. The molecule has 0 aromatic heterocycles. The lowest BCUT2D eigenvalue weighted by molar-refractivity contribution is 0.397. The van der Waals surface area contributed by atoms with Gasteiger partial charge < -0.3 is 0 Å². The van der Waals surface area contributed by atoms with Crippen molar-refractivity contribution in [3.05, 3.63) is 0 Å². The zero-order chi connectivity index (χ0) is 62.3. The third kappa shape index (κ3) is 392. The third-order valence-corrected chi connectivity index (χ3v) is 10.4. The molecule has 0 heterocycles. The van der Waals surface area contributed by atoms with Crippen LogP contribution in [0.1, 0.15) is 419 Å². The van der Waals surface area contributed by atoms with Gasteiger partial charge >= 0.3 is 0 Å². The predicted octanol–water partition coefficient (Wildman–Crippen LogP) is 30.3. The fraction of sp³-hybridized carbons (Fsp3) is 1.00. The summed E-state index contributed by atoms with van der Waals surface area (Å²) in [6.07, 6.45) is 26.7. The molecule has 0 radical (unpaired) electrons. The number of hydrogen-bond donors (Lipinski definition) is 0. The molecule has 0 unspecified atom stereocenters. The van der Waals surface area contributed by atoms with Gasteiger partial charge in [-0.25, -0.2) is 0 Å². The van der Waals surface area contributed by atoms with Crippen LogP contribution in [0.2, 0.25) is 0 Å².